The van der Waals surface area contributed by atoms with Gasteiger partial charge in [-0.15, -0.1) is 0 Å². The van der Waals surface area contributed by atoms with Crippen LogP contribution in [0.25, 0.3) is 0 Å². The van der Waals surface area contributed by atoms with Gasteiger partial charge in [0.1, 0.15) is 0 Å². The lowest BCUT2D eigenvalue weighted by atomic mass is 10.3. The van der Waals surface area contributed by atoms with Crippen LogP contribution in [0, 0.1) is 0 Å². The molecule has 0 N–H and O–H groups in total. The molecule has 1 amide bonds. The molecule has 1 aromatic rings. The van der Waals surface area contributed by atoms with Gasteiger partial charge in [0.2, 0.25) is 0 Å². The Morgan fingerprint density at radius 3 is 3.31 bits per heavy atom. The van der Waals surface area contributed by atoms with Crippen molar-refractivity contribution in [2.45, 2.75) is 6.92 Å². The molecule has 4 nitrogen and oxygen atoms in total. The van der Waals surface area contributed by atoms with E-state index < -0.39 is 0 Å². The number of amides is 1. The molecule has 0 fully saturated rings. The van der Waals surface area contributed by atoms with Crippen molar-refractivity contribution in [1.29, 1.82) is 0 Å². The largest absolute Gasteiger partial charge is 0.480 e. The molecule has 0 aromatic carbocycles. The van der Waals surface area contributed by atoms with Gasteiger partial charge in [0, 0.05) is 12.7 Å². The van der Waals surface area contributed by atoms with E-state index in [0.717, 1.165) is 0 Å². The van der Waals surface area contributed by atoms with Crippen molar-refractivity contribution in [2.75, 3.05) is 18.1 Å². The fraction of sp³-hybridized carbons (Fsp3) is 0.333. The highest BCUT2D eigenvalue weighted by molar-refractivity contribution is 5.96. The van der Waals surface area contributed by atoms with E-state index in [2.05, 4.69) is 4.98 Å². The fourth-order valence-corrected chi connectivity index (χ4v) is 1.36. The van der Waals surface area contributed by atoms with Gasteiger partial charge in [0.25, 0.3) is 5.91 Å². The van der Waals surface area contributed by atoms with Crippen molar-refractivity contribution < 1.29 is 9.53 Å². The third-order valence-corrected chi connectivity index (χ3v) is 1.97. The summed E-state index contributed by atoms with van der Waals surface area (Å²) in [6.07, 6.45) is 1.66. The predicted octanol–water partition coefficient (Wildman–Crippen LogP) is 0.827. The SMILES string of the molecule is CCN1C(=O)COc2cccnc21. The van der Waals surface area contributed by atoms with Crippen LogP contribution in [0.4, 0.5) is 5.82 Å². The summed E-state index contributed by atoms with van der Waals surface area (Å²) in [6, 6.07) is 3.61. The van der Waals surface area contributed by atoms with E-state index in [1.807, 2.05) is 13.0 Å². The quantitative estimate of drug-likeness (QED) is 0.639. The molecular weight excluding hydrogens is 168 g/mol. The molecule has 13 heavy (non-hydrogen) atoms. The number of anilines is 1. The molecule has 1 aliphatic rings. The van der Waals surface area contributed by atoms with Crippen molar-refractivity contribution in [3.63, 3.8) is 0 Å². The normalized spacial score (nSPS) is 15.2. The zero-order chi connectivity index (χ0) is 9.26. The van der Waals surface area contributed by atoms with Crippen LogP contribution in [0.5, 0.6) is 5.75 Å². The first kappa shape index (κ1) is 8.04. The van der Waals surface area contributed by atoms with Gasteiger partial charge in [-0.1, -0.05) is 0 Å². The summed E-state index contributed by atoms with van der Waals surface area (Å²) in [5, 5.41) is 0. The summed E-state index contributed by atoms with van der Waals surface area (Å²) in [4.78, 5) is 17.1. The molecule has 0 atom stereocenters. The Morgan fingerprint density at radius 1 is 1.69 bits per heavy atom. The summed E-state index contributed by atoms with van der Waals surface area (Å²) >= 11 is 0. The van der Waals surface area contributed by atoms with Crippen LogP contribution < -0.4 is 9.64 Å². The van der Waals surface area contributed by atoms with Gasteiger partial charge in [-0.05, 0) is 19.1 Å². The number of pyridine rings is 1. The summed E-state index contributed by atoms with van der Waals surface area (Å²) in [6.45, 7) is 2.67. The highest BCUT2D eigenvalue weighted by Gasteiger charge is 2.24. The lowest BCUT2D eigenvalue weighted by molar-refractivity contribution is -0.121. The highest BCUT2D eigenvalue weighted by atomic mass is 16.5. The highest BCUT2D eigenvalue weighted by Crippen LogP contribution is 2.28. The van der Waals surface area contributed by atoms with Gasteiger partial charge >= 0.3 is 0 Å². The van der Waals surface area contributed by atoms with Crippen molar-refractivity contribution in [1.82, 2.24) is 4.98 Å². The van der Waals surface area contributed by atoms with Crippen molar-refractivity contribution in [3.05, 3.63) is 18.3 Å². The van der Waals surface area contributed by atoms with E-state index in [-0.39, 0.29) is 12.5 Å². The number of hydrogen-bond acceptors (Lipinski definition) is 3. The summed E-state index contributed by atoms with van der Waals surface area (Å²) in [5.74, 6) is 1.28. The lowest BCUT2D eigenvalue weighted by Crippen LogP contribution is -2.39. The number of fused-ring (bicyclic) bond motifs is 1. The number of likely N-dealkylation sites (N-methyl/N-ethyl adjacent to an activating group) is 1. The zero-order valence-electron chi connectivity index (χ0n) is 7.36. The van der Waals surface area contributed by atoms with Gasteiger partial charge in [0.15, 0.2) is 18.2 Å². The zero-order valence-corrected chi connectivity index (χ0v) is 7.36. The Hall–Kier alpha value is -1.58. The molecule has 2 heterocycles. The minimum Gasteiger partial charge on any atom is -0.480 e. The van der Waals surface area contributed by atoms with Crippen molar-refractivity contribution >= 4 is 11.7 Å². The van der Waals surface area contributed by atoms with Crippen LogP contribution >= 0.6 is 0 Å². The first-order valence-electron chi connectivity index (χ1n) is 4.21. The Kier molecular flexibility index (Phi) is 1.88. The Balaban J connectivity index is 2.45. The van der Waals surface area contributed by atoms with E-state index in [9.17, 15) is 4.79 Å². The topological polar surface area (TPSA) is 42.4 Å². The van der Waals surface area contributed by atoms with Crippen LogP contribution in [0.3, 0.4) is 0 Å². The first-order valence-corrected chi connectivity index (χ1v) is 4.21. The fourth-order valence-electron chi connectivity index (χ4n) is 1.36. The van der Waals surface area contributed by atoms with E-state index in [4.69, 9.17) is 4.74 Å². The second-order valence-electron chi connectivity index (χ2n) is 2.75. The number of carbonyl (C=O) groups excluding carboxylic acids is 1. The minimum atomic E-state index is -0.0336. The molecule has 4 heteroatoms. The van der Waals surface area contributed by atoms with Gasteiger partial charge in [-0.25, -0.2) is 4.98 Å². The van der Waals surface area contributed by atoms with Gasteiger partial charge in [0.05, 0.1) is 0 Å². The van der Waals surface area contributed by atoms with Crippen LogP contribution in [0.2, 0.25) is 0 Å². The van der Waals surface area contributed by atoms with Crippen LogP contribution in [-0.2, 0) is 4.79 Å². The molecule has 0 spiro atoms. The maximum Gasteiger partial charge on any atom is 0.266 e. The molecule has 1 aromatic heterocycles. The molecule has 0 unspecified atom stereocenters. The summed E-state index contributed by atoms with van der Waals surface area (Å²) < 4.78 is 5.21. The lowest BCUT2D eigenvalue weighted by Gasteiger charge is -2.26. The average molecular weight is 178 g/mol. The summed E-state index contributed by atoms with van der Waals surface area (Å²) in [7, 11) is 0. The number of ether oxygens (including phenoxy) is 1. The molecule has 0 saturated carbocycles. The molecule has 68 valence electrons. The number of rotatable bonds is 1. The smallest absolute Gasteiger partial charge is 0.266 e. The minimum absolute atomic E-state index is 0.0336. The van der Waals surface area contributed by atoms with E-state index >= 15 is 0 Å². The Morgan fingerprint density at radius 2 is 2.54 bits per heavy atom. The second kappa shape index (κ2) is 3.05. The molecule has 1 aliphatic heterocycles. The molecular formula is C9H10N2O2. The second-order valence-corrected chi connectivity index (χ2v) is 2.75. The number of hydrogen-bond donors (Lipinski definition) is 0. The van der Waals surface area contributed by atoms with Gasteiger partial charge in [-0.3, -0.25) is 9.69 Å². The first-order chi connectivity index (χ1) is 6.33. The monoisotopic (exact) mass is 178 g/mol. The standard InChI is InChI=1S/C9H10N2O2/c1-2-11-8(12)6-13-7-4-3-5-10-9(7)11/h3-5H,2,6H2,1H3. The number of aromatic nitrogens is 1. The predicted molar refractivity (Wildman–Crippen MR) is 47.8 cm³/mol. The molecule has 0 bridgehead atoms. The van der Waals surface area contributed by atoms with E-state index in [0.29, 0.717) is 18.1 Å². The van der Waals surface area contributed by atoms with Crippen molar-refractivity contribution in [2.24, 2.45) is 0 Å². The van der Waals surface area contributed by atoms with Crippen LogP contribution in [-0.4, -0.2) is 24.0 Å². The number of carbonyl (C=O) groups is 1. The molecule has 2 rings (SSSR count). The maximum atomic E-state index is 11.3. The number of nitrogens with zero attached hydrogens (tertiary/aromatic N) is 2. The average Bonchev–Trinajstić information content (AvgIpc) is 2.18. The third-order valence-electron chi connectivity index (χ3n) is 1.97. The van der Waals surface area contributed by atoms with Gasteiger partial charge in [-0.2, -0.15) is 0 Å². The maximum absolute atomic E-state index is 11.3. The van der Waals surface area contributed by atoms with E-state index in [1.165, 1.54) is 0 Å². The van der Waals surface area contributed by atoms with E-state index in [1.54, 1.807) is 17.2 Å². The summed E-state index contributed by atoms with van der Waals surface area (Å²) in [5.41, 5.74) is 0. The third kappa shape index (κ3) is 1.24. The Labute approximate surface area is 76.1 Å². The van der Waals surface area contributed by atoms with Crippen LogP contribution in [0.15, 0.2) is 18.3 Å². The van der Waals surface area contributed by atoms with Gasteiger partial charge < -0.3 is 4.74 Å². The molecule has 0 aliphatic carbocycles. The molecule has 0 saturated heterocycles. The van der Waals surface area contributed by atoms with Crippen molar-refractivity contribution in [3.8, 4) is 5.75 Å². The van der Waals surface area contributed by atoms with Crippen LogP contribution in [0.1, 0.15) is 6.92 Å². The Bertz CT molecular complexity index is 338. The molecule has 0 radical (unpaired) electrons.